The molecule has 102 valence electrons. The molecule has 1 amide bonds. The molecule has 1 fully saturated rings. The molecule has 2 rings (SSSR count). The van der Waals surface area contributed by atoms with E-state index in [4.69, 9.17) is 0 Å². The Bertz CT molecular complexity index is 427. The van der Waals surface area contributed by atoms with Crippen LogP contribution in [-0.4, -0.2) is 37.5 Å². The molecule has 7 heteroatoms. The number of hydrogen-bond acceptors (Lipinski definition) is 3. The maximum atomic E-state index is 12.3. The lowest BCUT2D eigenvalue weighted by Crippen LogP contribution is -2.30. The van der Waals surface area contributed by atoms with Gasteiger partial charge in [0.25, 0.3) is 5.91 Å². The van der Waals surface area contributed by atoms with Crippen LogP contribution in [0.4, 0.5) is 0 Å². The number of nitrogens with one attached hydrogen (secondary N) is 1. The van der Waals surface area contributed by atoms with Crippen LogP contribution in [0.5, 0.6) is 0 Å². The van der Waals surface area contributed by atoms with Crippen LogP contribution in [0.2, 0.25) is 0 Å². The molecule has 1 N–H and O–H groups in total. The van der Waals surface area contributed by atoms with E-state index in [0.717, 1.165) is 39.2 Å². The summed E-state index contributed by atoms with van der Waals surface area (Å²) in [6, 6.07) is 1.89. The Balaban J connectivity index is 0.00000162. The van der Waals surface area contributed by atoms with Crippen molar-refractivity contribution in [2.24, 2.45) is 5.92 Å². The number of likely N-dealkylation sites (tertiary alicyclic amines) is 1. The molecule has 0 spiro atoms. The molecule has 1 aliphatic heterocycles. The zero-order chi connectivity index (χ0) is 12.4. The first kappa shape index (κ1) is 16.4. The fourth-order valence-electron chi connectivity index (χ4n) is 2.13. The smallest absolute Gasteiger partial charge is 0.255 e. The van der Waals surface area contributed by atoms with Gasteiger partial charge in [-0.05, 0) is 63.9 Å². The summed E-state index contributed by atoms with van der Waals surface area (Å²) in [5.74, 6) is 0.724. The van der Waals surface area contributed by atoms with E-state index in [1.807, 2.05) is 18.0 Å². The van der Waals surface area contributed by atoms with Gasteiger partial charge in [0, 0.05) is 13.1 Å². The van der Waals surface area contributed by atoms with Crippen molar-refractivity contribution in [1.29, 1.82) is 0 Å². The summed E-state index contributed by atoms with van der Waals surface area (Å²) in [6.07, 6.45) is 1.09. The predicted octanol–water partition coefficient (Wildman–Crippen LogP) is 3.38. The van der Waals surface area contributed by atoms with E-state index in [1.165, 1.54) is 0 Å². The summed E-state index contributed by atoms with van der Waals surface area (Å²) in [6.45, 7) is 2.71. The van der Waals surface area contributed by atoms with E-state index in [1.54, 1.807) is 11.3 Å². The van der Waals surface area contributed by atoms with Gasteiger partial charge in [-0.15, -0.1) is 23.7 Å². The van der Waals surface area contributed by atoms with Gasteiger partial charge in [-0.25, -0.2) is 0 Å². The first-order valence-electron chi connectivity index (χ1n) is 5.50. The highest BCUT2D eigenvalue weighted by Crippen LogP contribution is 2.33. The number of rotatable bonds is 3. The third-order valence-corrected chi connectivity index (χ3v) is 5.29. The molecule has 1 atom stereocenters. The molecule has 3 nitrogen and oxygen atoms in total. The number of halogens is 3. The maximum absolute atomic E-state index is 12.3. The monoisotopic (exact) mass is 416 g/mol. The van der Waals surface area contributed by atoms with Crippen LogP contribution in [0, 0.1) is 5.92 Å². The van der Waals surface area contributed by atoms with Gasteiger partial charge in [0.05, 0.1) is 13.1 Å². The number of amides is 1. The van der Waals surface area contributed by atoms with E-state index in [2.05, 4.69) is 37.2 Å². The molecular weight excluding hydrogens is 403 g/mol. The molecule has 18 heavy (non-hydrogen) atoms. The summed E-state index contributed by atoms with van der Waals surface area (Å²) in [5, 5.41) is 3.17. The van der Waals surface area contributed by atoms with Gasteiger partial charge in [-0.1, -0.05) is 0 Å². The minimum absolute atomic E-state index is 0. The Morgan fingerprint density at radius 1 is 1.61 bits per heavy atom. The summed E-state index contributed by atoms with van der Waals surface area (Å²) >= 11 is 8.38. The molecule has 0 radical (unpaired) electrons. The van der Waals surface area contributed by atoms with Gasteiger partial charge in [-0.2, -0.15) is 0 Å². The van der Waals surface area contributed by atoms with E-state index in [0.29, 0.717) is 5.92 Å². The van der Waals surface area contributed by atoms with Crippen molar-refractivity contribution in [2.45, 2.75) is 6.42 Å². The number of carbonyl (C=O) groups excluding carboxylic acids is 1. The van der Waals surface area contributed by atoms with Crippen LogP contribution in [0.3, 0.4) is 0 Å². The van der Waals surface area contributed by atoms with Crippen LogP contribution in [-0.2, 0) is 0 Å². The van der Waals surface area contributed by atoms with Gasteiger partial charge in [0.2, 0.25) is 0 Å². The minimum atomic E-state index is 0. The van der Waals surface area contributed by atoms with Gasteiger partial charge in [0.1, 0.15) is 0 Å². The van der Waals surface area contributed by atoms with Crippen LogP contribution in [0.25, 0.3) is 0 Å². The SMILES string of the molecule is CNCC1CCN(C(=O)c2cc(Br)sc2Br)C1.Cl. The van der Waals surface area contributed by atoms with Gasteiger partial charge in [-0.3, -0.25) is 4.79 Å². The Labute approximate surface area is 134 Å². The highest BCUT2D eigenvalue weighted by molar-refractivity contribution is 9.12. The molecule has 0 aromatic carbocycles. The van der Waals surface area contributed by atoms with E-state index in [-0.39, 0.29) is 18.3 Å². The molecule has 1 aliphatic rings. The van der Waals surface area contributed by atoms with Crippen LogP contribution in [0.1, 0.15) is 16.8 Å². The van der Waals surface area contributed by atoms with Gasteiger partial charge < -0.3 is 10.2 Å². The van der Waals surface area contributed by atoms with Crippen molar-refractivity contribution >= 4 is 61.5 Å². The Morgan fingerprint density at radius 2 is 2.33 bits per heavy atom. The average molecular weight is 419 g/mol. The van der Waals surface area contributed by atoms with Crippen molar-refractivity contribution in [3.63, 3.8) is 0 Å². The molecular formula is C11H15Br2ClN2OS. The lowest BCUT2D eigenvalue weighted by molar-refractivity contribution is 0.0787. The largest absolute Gasteiger partial charge is 0.338 e. The van der Waals surface area contributed by atoms with Crippen LogP contribution < -0.4 is 5.32 Å². The van der Waals surface area contributed by atoms with E-state index < -0.39 is 0 Å². The number of nitrogens with zero attached hydrogens (tertiary/aromatic N) is 1. The molecule has 0 aliphatic carbocycles. The maximum Gasteiger partial charge on any atom is 0.255 e. The molecule has 0 bridgehead atoms. The van der Waals surface area contributed by atoms with Crippen molar-refractivity contribution in [3.05, 3.63) is 19.2 Å². The lowest BCUT2D eigenvalue weighted by atomic mass is 10.1. The van der Waals surface area contributed by atoms with Crippen molar-refractivity contribution in [2.75, 3.05) is 26.7 Å². The summed E-state index contributed by atoms with van der Waals surface area (Å²) in [7, 11) is 1.96. The molecule has 1 aromatic heterocycles. The van der Waals surface area contributed by atoms with Crippen molar-refractivity contribution in [3.8, 4) is 0 Å². The molecule has 1 saturated heterocycles. The topological polar surface area (TPSA) is 32.3 Å². The summed E-state index contributed by atoms with van der Waals surface area (Å²) in [5.41, 5.74) is 0.770. The summed E-state index contributed by atoms with van der Waals surface area (Å²) < 4.78 is 1.89. The molecule has 0 saturated carbocycles. The fraction of sp³-hybridized carbons (Fsp3) is 0.545. The predicted molar refractivity (Wildman–Crippen MR) is 84.9 cm³/mol. The molecule has 1 unspecified atom stereocenters. The standard InChI is InChI=1S/C11H14Br2N2OS.ClH/c1-14-5-7-2-3-15(6-7)11(16)8-4-9(12)17-10(8)13;/h4,7,14H,2-3,5-6H2,1H3;1H. The van der Waals surface area contributed by atoms with Gasteiger partial charge in [0.15, 0.2) is 0 Å². The van der Waals surface area contributed by atoms with E-state index >= 15 is 0 Å². The molecule has 1 aromatic rings. The minimum Gasteiger partial charge on any atom is -0.338 e. The zero-order valence-electron chi connectivity index (χ0n) is 9.91. The zero-order valence-corrected chi connectivity index (χ0v) is 14.7. The highest BCUT2D eigenvalue weighted by atomic mass is 79.9. The Hall–Kier alpha value is 0.380. The normalized spacial score (nSPS) is 18.8. The third-order valence-electron chi connectivity index (χ3n) is 2.95. The van der Waals surface area contributed by atoms with Crippen LogP contribution >= 0.6 is 55.6 Å². The first-order chi connectivity index (χ1) is 8.11. The number of carbonyl (C=O) groups is 1. The van der Waals surface area contributed by atoms with E-state index in [9.17, 15) is 4.79 Å². The van der Waals surface area contributed by atoms with Crippen molar-refractivity contribution < 1.29 is 4.79 Å². The Kier molecular flexibility index (Phi) is 6.61. The summed E-state index contributed by atoms with van der Waals surface area (Å²) in [4.78, 5) is 14.2. The van der Waals surface area contributed by atoms with Crippen molar-refractivity contribution in [1.82, 2.24) is 10.2 Å². The molecule has 2 heterocycles. The number of thiophene rings is 1. The third kappa shape index (κ3) is 3.70. The second kappa shape index (κ2) is 7.24. The van der Waals surface area contributed by atoms with Crippen LogP contribution in [0.15, 0.2) is 13.6 Å². The quantitative estimate of drug-likeness (QED) is 0.816. The highest BCUT2D eigenvalue weighted by Gasteiger charge is 2.28. The average Bonchev–Trinajstić information content (AvgIpc) is 2.85. The fourth-order valence-corrected chi connectivity index (χ4v) is 4.91. The van der Waals surface area contributed by atoms with Gasteiger partial charge >= 0.3 is 0 Å². The second-order valence-electron chi connectivity index (χ2n) is 4.20. The number of hydrogen-bond donors (Lipinski definition) is 1. The second-order valence-corrected chi connectivity index (χ2v) is 7.95. The Morgan fingerprint density at radius 3 is 2.89 bits per heavy atom. The lowest BCUT2D eigenvalue weighted by Gasteiger charge is -2.16. The first-order valence-corrected chi connectivity index (χ1v) is 7.90.